The molecule has 0 bridgehead atoms. The maximum Gasteiger partial charge on any atom is -0.0233 e. The van der Waals surface area contributed by atoms with Gasteiger partial charge in [-0.1, -0.05) is 50.5 Å². The van der Waals surface area contributed by atoms with Gasteiger partial charge in [-0.25, -0.2) is 0 Å². The standard InChI is InChI=1S/C21H36/c1-3-7-19-14-16-21(17-15-19)9-6-5-8-20-12-10-18(4-2)11-13-20/h3,5-7,18-21H,4,8-17H2,1-2H3/b6-5-,7-3?. The molecule has 0 aliphatic heterocycles. The average molecular weight is 289 g/mol. The minimum absolute atomic E-state index is 0.879. The topological polar surface area (TPSA) is 0 Å². The third-order valence-electron chi connectivity index (χ3n) is 6.01. The van der Waals surface area contributed by atoms with Crippen molar-refractivity contribution in [1.29, 1.82) is 0 Å². The molecule has 0 N–H and O–H groups in total. The van der Waals surface area contributed by atoms with Gasteiger partial charge in [0.05, 0.1) is 0 Å². The Morgan fingerprint density at radius 2 is 1.19 bits per heavy atom. The molecule has 0 spiro atoms. The molecule has 120 valence electrons. The van der Waals surface area contributed by atoms with Gasteiger partial charge in [-0.15, -0.1) is 0 Å². The Kier molecular flexibility index (Phi) is 7.61. The fourth-order valence-corrected chi connectivity index (χ4v) is 4.34. The van der Waals surface area contributed by atoms with Gasteiger partial charge < -0.3 is 0 Å². The molecule has 0 aromatic carbocycles. The van der Waals surface area contributed by atoms with Crippen LogP contribution in [0, 0.1) is 23.7 Å². The van der Waals surface area contributed by atoms with Gasteiger partial charge in [0.25, 0.3) is 0 Å². The maximum absolute atomic E-state index is 2.51. The van der Waals surface area contributed by atoms with E-state index < -0.39 is 0 Å². The van der Waals surface area contributed by atoms with Gasteiger partial charge >= 0.3 is 0 Å². The van der Waals surface area contributed by atoms with Crippen LogP contribution >= 0.6 is 0 Å². The van der Waals surface area contributed by atoms with Gasteiger partial charge in [0, 0.05) is 0 Å². The van der Waals surface area contributed by atoms with Crippen LogP contribution in [-0.2, 0) is 0 Å². The summed E-state index contributed by atoms with van der Waals surface area (Å²) in [5.41, 5.74) is 0. The second kappa shape index (κ2) is 9.49. The van der Waals surface area contributed by atoms with Gasteiger partial charge in [0.15, 0.2) is 0 Å². The first-order valence-electron chi connectivity index (χ1n) is 9.59. The Balaban J connectivity index is 1.57. The molecule has 21 heavy (non-hydrogen) atoms. The first kappa shape index (κ1) is 16.8. The van der Waals surface area contributed by atoms with Crippen LogP contribution in [0.2, 0.25) is 0 Å². The van der Waals surface area contributed by atoms with Crippen LogP contribution in [0.3, 0.4) is 0 Å². The normalized spacial score (nSPS) is 34.8. The quantitative estimate of drug-likeness (QED) is 0.465. The van der Waals surface area contributed by atoms with Gasteiger partial charge in [-0.2, -0.15) is 0 Å². The summed E-state index contributed by atoms with van der Waals surface area (Å²) in [5, 5.41) is 0. The molecule has 2 aliphatic carbocycles. The lowest BCUT2D eigenvalue weighted by atomic mass is 9.79. The Labute approximate surface area is 133 Å². The second-order valence-electron chi connectivity index (χ2n) is 7.54. The summed E-state index contributed by atoms with van der Waals surface area (Å²) < 4.78 is 0. The van der Waals surface area contributed by atoms with E-state index in [1.165, 1.54) is 70.6 Å². The van der Waals surface area contributed by atoms with Crippen molar-refractivity contribution in [1.82, 2.24) is 0 Å². The number of hydrogen-bond donors (Lipinski definition) is 0. The van der Waals surface area contributed by atoms with Crippen molar-refractivity contribution in [3.63, 3.8) is 0 Å². The highest BCUT2D eigenvalue weighted by Gasteiger charge is 2.19. The molecule has 0 heteroatoms. The lowest BCUT2D eigenvalue weighted by Crippen LogP contribution is -2.13. The monoisotopic (exact) mass is 288 g/mol. The minimum atomic E-state index is 0.879. The first-order chi connectivity index (χ1) is 10.3. The van der Waals surface area contributed by atoms with Crippen LogP contribution in [0.15, 0.2) is 24.3 Å². The zero-order valence-electron chi connectivity index (χ0n) is 14.4. The van der Waals surface area contributed by atoms with Crippen molar-refractivity contribution >= 4 is 0 Å². The maximum atomic E-state index is 2.51. The minimum Gasteiger partial charge on any atom is -0.0914 e. The molecule has 0 nitrogen and oxygen atoms in total. The van der Waals surface area contributed by atoms with Gasteiger partial charge in [-0.3, -0.25) is 0 Å². The molecule has 0 atom stereocenters. The third-order valence-corrected chi connectivity index (χ3v) is 6.01. The van der Waals surface area contributed by atoms with E-state index in [2.05, 4.69) is 38.2 Å². The number of allylic oxidation sites excluding steroid dienone is 4. The zero-order chi connectivity index (χ0) is 14.9. The van der Waals surface area contributed by atoms with Crippen LogP contribution in [0.4, 0.5) is 0 Å². The molecule has 2 fully saturated rings. The molecule has 0 aromatic heterocycles. The number of rotatable bonds is 6. The van der Waals surface area contributed by atoms with Crippen molar-refractivity contribution in [3.05, 3.63) is 24.3 Å². The second-order valence-corrected chi connectivity index (χ2v) is 7.54. The van der Waals surface area contributed by atoms with Gasteiger partial charge in [0.2, 0.25) is 0 Å². The van der Waals surface area contributed by atoms with E-state index in [1.54, 1.807) is 0 Å². The summed E-state index contributed by atoms with van der Waals surface area (Å²) in [7, 11) is 0. The van der Waals surface area contributed by atoms with Crippen molar-refractivity contribution in [2.24, 2.45) is 23.7 Å². The average Bonchev–Trinajstić information content (AvgIpc) is 2.54. The highest BCUT2D eigenvalue weighted by Crippen LogP contribution is 2.34. The van der Waals surface area contributed by atoms with E-state index in [4.69, 9.17) is 0 Å². The molecule has 2 rings (SSSR count). The van der Waals surface area contributed by atoms with Gasteiger partial charge in [0.1, 0.15) is 0 Å². The molecule has 0 radical (unpaired) electrons. The third kappa shape index (κ3) is 6.01. The molecule has 0 heterocycles. The van der Waals surface area contributed by atoms with Crippen LogP contribution in [0.25, 0.3) is 0 Å². The molecule has 2 saturated carbocycles. The fourth-order valence-electron chi connectivity index (χ4n) is 4.34. The van der Waals surface area contributed by atoms with Crippen LogP contribution in [0.1, 0.15) is 84.5 Å². The molecule has 2 aliphatic rings. The smallest absolute Gasteiger partial charge is 0.0233 e. The molecule has 0 saturated heterocycles. The summed E-state index contributed by atoms with van der Waals surface area (Å²) in [4.78, 5) is 0. The molecule has 0 amide bonds. The highest BCUT2D eigenvalue weighted by molar-refractivity contribution is 4.92. The molecule has 0 unspecified atom stereocenters. The van der Waals surface area contributed by atoms with E-state index in [0.29, 0.717) is 0 Å². The number of hydrogen-bond acceptors (Lipinski definition) is 0. The summed E-state index contributed by atoms with van der Waals surface area (Å²) in [5.74, 6) is 3.88. The van der Waals surface area contributed by atoms with Crippen LogP contribution in [0.5, 0.6) is 0 Å². The van der Waals surface area contributed by atoms with Crippen molar-refractivity contribution in [3.8, 4) is 0 Å². The first-order valence-corrected chi connectivity index (χ1v) is 9.59. The largest absolute Gasteiger partial charge is 0.0914 e. The predicted molar refractivity (Wildman–Crippen MR) is 94.4 cm³/mol. The van der Waals surface area contributed by atoms with Gasteiger partial charge in [-0.05, 0) is 82.0 Å². The van der Waals surface area contributed by atoms with Crippen molar-refractivity contribution < 1.29 is 0 Å². The van der Waals surface area contributed by atoms with Crippen LogP contribution in [-0.4, -0.2) is 0 Å². The summed E-state index contributed by atoms with van der Waals surface area (Å²) >= 11 is 0. The Bertz CT molecular complexity index is 309. The molecule has 0 aromatic rings. The Hall–Kier alpha value is -0.520. The zero-order valence-corrected chi connectivity index (χ0v) is 14.4. The molecular formula is C21H36. The molecular weight excluding hydrogens is 252 g/mol. The lowest BCUT2D eigenvalue weighted by Gasteiger charge is -2.27. The SMILES string of the molecule is CC=CC1CCC(C/C=C\CC2CCC(CC)CC2)CC1. The fraction of sp³-hybridized carbons (Fsp3) is 0.810. The Morgan fingerprint density at radius 1 is 0.714 bits per heavy atom. The summed E-state index contributed by atoms with van der Waals surface area (Å²) in [6.07, 6.45) is 25.4. The van der Waals surface area contributed by atoms with Crippen LogP contribution < -0.4 is 0 Å². The highest BCUT2D eigenvalue weighted by atomic mass is 14.3. The van der Waals surface area contributed by atoms with E-state index in [0.717, 1.165) is 23.7 Å². The van der Waals surface area contributed by atoms with E-state index >= 15 is 0 Å². The summed E-state index contributed by atoms with van der Waals surface area (Å²) in [6, 6.07) is 0. The predicted octanol–water partition coefficient (Wildman–Crippen LogP) is 6.92. The van der Waals surface area contributed by atoms with E-state index in [1.807, 2.05) is 0 Å². The lowest BCUT2D eigenvalue weighted by molar-refractivity contribution is 0.270. The van der Waals surface area contributed by atoms with Crippen molar-refractivity contribution in [2.45, 2.75) is 84.5 Å². The van der Waals surface area contributed by atoms with E-state index in [9.17, 15) is 0 Å². The van der Waals surface area contributed by atoms with Crippen molar-refractivity contribution in [2.75, 3.05) is 0 Å². The summed E-state index contributed by atoms with van der Waals surface area (Å²) in [6.45, 7) is 4.51. The Morgan fingerprint density at radius 3 is 1.67 bits per heavy atom. The van der Waals surface area contributed by atoms with E-state index in [-0.39, 0.29) is 0 Å².